The van der Waals surface area contributed by atoms with Crippen LogP contribution in [-0.4, -0.2) is 63.1 Å². The number of hydrogen-bond donors (Lipinski definition) is 0. The predicted molar refractivity (Wildman–Crippen MR) is 122 cm³/mol. The molecule has 2 aromatic rings. The molecule has 0 spiro atoms. The molecular weight excluding hydrogens is 404 g/mol. The molecule has 0 radical (unpaired) electrons. The first-order valence-electron chi connectivity index (χ1n) is 11.3. The third-order valence-corrected chi connectivity index (χ3v) is 6.04. The molecule has 1 aromatic carbocycles. The second-order valence-electron chi connectivity index (χ2n) is 9.55. The van der Waals surface area contributed by atoms with E-state index in [1.54, 1.807) is 17.3 Å². The Kier molecular flexibility index (Phi) is 6.35. The van der Waals surface area contributed by atoms with Crippen molar-refractivity contribution in [1.29, 1.82) is 0 Å². The van der Waals surface area contributed by atoms with E-state index in [0.29, 0.717) is 26.2 Å². The van der Waals surface area contributed by atoms with Gasteiger partial charge in [-0.15, -0.1) is 0 Å². The van der Waals surface area contributed by atoms with Gasteiger partial charge in [-0.1, -0.05) is 30.3 Å². The Morgan fingerprint density at radius 1 is 1.06 bits per heavy atom. The molecule has 2 fully saturated rings. The number of urea groups is 1. The van der Waals surface area contributed by atoms with Gasteiger partial charge in [0.05, 0.1) is 6.04 Å². The molecule has 170 valence electrons. The molecule has 7 nitrogen and oxygen atoms in total. The summed E-state index contributed by atoms with van der Waals surface area (Å²) >= 11 is 0. The SMILES string of the molecule is CC(C)(C)OC(=O)N1CCC(N2C(=O)N(Cc3ccncc3)C[C@H]2c2ccccc2)CC1. The van der Waals surface area contributed by atoms with Crippen LogP contribution in [0.2, 0.25) is 0 Å². The number of hydrogen-bond acceptors (Lipinski definition) is 4. The average molecular weight is 437 g/mol. The lowest BCUT2D eigenvalue weighted by Crippen LogP contribution is -2.49. The van der Waals surface area contributed by atoms with E-state index < -0.39 is 5.60 Å². The van der Waals surface area contributed by atoms with Crippen molar-refractivity contribution < 1.29 is 14.3 Å². The normalized spacial score (nSPS) is 20.0. The zero-order valence-electron chi connectivity index (χ0n) is 19.1. The van der Waals surface area contributed by atoms with Gasteiger partial charge in [0, 0.05) is 44.6 Å². The Morgan fingerprint density at radius 3 is 2.34 bits per heavy atom. The number of pyridine rings is 1. The highest BCUT2D eigenvalue weighted by Crippen LogP contribution is 2.35. The van der Waals surface area contributed by atoms with Crippen molar-refractivity contribution in [1.82, 2.24) is 19.7 Å². The molecule has 7 heteroatoms. The van der Waals surface area contributed by atoms with E-state index in [1.165, 1.54) is 0 Å². The van der Waals surface area contributed by atoms with E-state index in [0.717, 1.165) is 24.0 Å². The molecule has 3 amide bonds. The third kappa shape index (κ3) is 5.03. The number of ether oxygens (including phenoxy) is 1. The van der Waals surface area contributed by atoms with Crippen molar-refractivity contribution in [3.05, 3.63) is 66.0 Å². The van der Waals surface area contributed by atoms with Gasteiger partial charge in [0.2, 0.25) is 0 Å². The summed E-state index contributed by atoms with van der Waals surface area (Å²) in [7, 11) is 0. The zero-order chi connectivity index (χ0) is 22.7. The van der Waals surface area contributed by atoms with Crippen LogP contribution in [0.1, 0.15) is 50.8 Å². The molecule has 4 rings (SSSR count). The van der Waals surface area contributed by atoms with E-state index in [9.17, 15) is 9.59 Å². The van der Waals surface area contributed by atoms with Gasteiger partial charge >= 0.3 is 12.1 Å². The average Bonchev–Trinajstić information content (AvgIpc) is 3.10. The molecule has 2 aliphatic rings. The Labute approximate surface area is 190 Å². The van der Waals surface area contributed by atoms with Crippen molar-refractivity contribution in [3.8, 4) is 0 Å². The van der Waals surface area contributed by atoms with Crippen molar-refractivity contribution in [3.63, 3.8) is 0 Å². The summed E-state index contributed by atoms with van der Waals surface area (Å²) in [4.78, 5) is 35.8. The molecule has 0 bridgehead atoms. The maximum Gasteiger partial charge on any atom is 0.410 e. The summed E-state index contributed by atoms with van der Waals surface area (Å²) in [5.41, 5.74) is 1.71. The summed E-state index contributed by atoms with van der Waals surface area (Å²) in [5.74, 6) is 0. The fraction of sp³-hybridized carbons (Fsp3) is 0.480. The van der Waals surface area contributed by atoms with Gasteiger partial charge in [0.25, 0.3) is 0 Å². The fourth-order valence-corrected chi connectivity index (χ4v) is 4.52. The van der Waals surface area contributed by atoms with Gasteiger partial charge in [-0.05, 0) is 56.9 Å². The van der Waals surface area contributed by atoms with Crippen LogP contribution in [0.3, 0.4) is 0 Å². The molecule has 0 aliphatic carbocycles. The largest absolute Gasteiger partial charge is 0.444 e. The van der Waals surface area contributed by atoms with Gasteiger partial charge in [-0.2, -0.15) is 0 Å². The predicted octanol–water partition coefficient (Wildman–Crippen LogP) is 4.46. The number of carbonyl (C=O) groups is 2. The van der Waals surface area contributed by atoms with Crippen LogP contribution in [0.25, 0.3) is 0 Å². The lowest BCUT2D eigenvalue weighted by Gasteiger charge is -2.39. The molecule has 1 aromatic heterocycles. The molecule has 3 heterocycles. The molecule has 0 saturated carbocycles. The van der Waals surface area contributed by atoms with Gasteiger partial charge in [0.15, 0.2) is 0 Å². The minimum Gasteiger partial charge on any atom is -0.444 e. The molecule has 0 N–H and O–H groups in total. The molecule has 2 saturated heterocycles. The third-order valence-electron chi connectivity index (χ3n) is 6.04. The molecule has 1 atom stereocenters. The topological polar surface area (TPSA) is 66.0 Å². The highest BCUT2D eigenvalue weighted by Gasteiger charge is 2.43. The minimum absolute atomic E-state index is 0.00335. The number of nitrogens with zero attached hydrogens (tertiary/aromatic N) is 4. The van der Waals surface area contributed by atoms with Crippen molar-refractivity contribution >= 4 is 12.1 Å². The Morgan fingerprint density at radius 2 is 1.72 bits per heavy atom. The maximum atomic E-state index is 13.5. The summed E-state index contributed by atoms with van der Waals surface area (Å²) in [6.45, 7) is 8.03. The number of amides is 3. The van der Waals surface area contributed by atoms with Crippen LogP contribution in [0.15, 0.2) is 54.9 Å². The Balaban J connectivity index is 1.49. The van der Waals surface area contributed by atoms with Crippen LogP contribution in [-0.2, 0) is 11.3 Å². The van der Waals surface area contributed by atoms with E-state index in [1.807, 2.05) is 60.9 Å². The summed E-state index contributed by atoms with van der Waals surface area (Å²) < 4.78 is 5.53. The summed E-state index contributed by atoms with van der Waals surface area (Å²) in [6.07, 6.45) is 4.74. The van der Waals surface area contributed by atoms with E-state index in [-0.39, 0.29) is 24.2 Å². The standard InChI is InChI=1S/C25H32N4O3/c1-25(2,3)32-24(31)27-15-11-21(12-16-27)29-22(20-7-5-4-6-8-20)18-28(23(29)30)17-19-9-13-26-14-10-19/h4-10,13-14,21-22H,11-12,15-18H2,1-3H3/t22-/m0/s1. The molecule has 32 heavy (non-hydrogen) atoms. The highest BCUT2D eigenvalue weighted by atomic mass is 16.6. The zero-order valence-corrected chi connectivity index (χ0v) is 19.1. The summed E-state index contributed by atoms with van der Waals surface area (Å²) in [5, 5.41) is 0. The molecule has 0 unspecified atom stereocenters. The van der Waals surface area contributed by atoms with Gasteiger partial charge in [0.1, 0.15) is 5.60 Å². The second kappa shape index (κ2) is 9.18. The number of rotatable bonds is 4. The van der Waals surface area contributed by atoms with Gasteiger partial charge in [-0.3, -0.25) is 4.98 Å². The number of piperidine rings is 1. The number of carbonyl (C=O) groups excluding carboxylic acids is 2. The monoisotopic (exact) mass is 436 g/mol. The molecular formula is C25H32N4O3. The van der Waals surface area contributed by atoms with Crippen molar-refractivity contribution in [2.75, 3.05) is 19.6 Å². The first-order chi connectivity index (χ1) is 15.3. The van der Waals surface area contributed by atoms with E-state index in [2.05, 4.69) is 17.1 Å². The first kappa shape index (κ1) is 22.1. The van der Waals surface area contributed by atoms with Crippen LogP contribution >= 0.6 is 0 Å². The number of likely N-dealkylation sites (tertiary alicyclic amines) is 1. The van der Waals surface area contributed by atoms with Crippen LogP contribution in [0.5, 0.6) is 0 Å². The fourth-order valence-electron chi connectivity index (χ4n) is 4.52. The second-order valence-corrected chi connectivity index (χ2v) is 9.55. The van der Waals surface area contributed by atoms with E-state index >= 15 is 0 Å². The van der Waals surface area contributed by atoms with Crippen LogP contribution in [0, 0.1) is 0 Å². The van der Waals surface area contributed by atoms with Gasteiger partial charge < -0.3 is 19.4 Å². The van der Waals surface area contributed by atoms with Gasteiger partial charge in [-0.25, -0.2) is 9.59 Å². The quantitative estimate of drug-likeness (QED) is 0.710. The lowest BCUT2D eigenvalue weighted by molar-refractivity contribution is 0.0157. The maximum absolute atomic E-state index is 13.5. The smallest absolute Gasteiger partial charge is 0.410 e. The summed E-state index contributed by atoms with van der Waals surface area (Å²) in [6, 6.07) is 14.3. The number of benzene rings is 1. The van der Waals surface area contributed by atoms with Crippen LogP contribution < -0.4 is 0 Å². The first-order valence-corrected chi connectivity index (χ1v) is 11.3. The molecule has 2 aliphatic heterocycles. The lowest BCUT2D eigenvalue weighted by atomic mass is 9.99. The van der Waals surface area contributed by atoms with Crippen molar-refractivity contribution in [2.24, 2.45) is 0 Å². The minimum atomic E-state index is -0.509. The van der Waals surface area contributed by atoms with Crippen molar-refractivity contribution in [2.45, 2.75) is 57.8 Å². The van der Waals surface area contributed by atoms with Crippen LogP contribution in [0.4, 0.5) is 9.59 Å². The highest BCUT2D eigenvalue weighted by molar-refractivity contribution is 5.78. The number of aromatic nitrogens is 1. The Bertz CT molecular complexity index is 921. The van der Waals surface area contributed by atoms with E-state index in [4.69, 9.17) is 4.74 Å². The Hall–Kier alpha value is -3.09.